The molecule has 1 aliphatic rings. The fraction of sp³-hybridized carbons (Fsp3) is 0.600. The smallest absolute Gasteiger partial charge is 0.339 e. The van der Waals surface area contributed by atoms with E-state index in [1.54, 1.807) is 19.2 Å². The van der Waals surface area contributed by atoms with E-state index in [1.165, 1.54) is 32.4 Å². The molecule has 0 unspecified atom stereocenters. The summed E-state index contributed by atoms with van der Waals surface area (Å²) in [6.07, 6.45) is 5.54. The lowest BCUT2D eigenvalue weighted by atomic mass is 10.1. The van der Waals surface area contributed by atoms with Crippen LogP contribution in [0.5, 0.6) is 0 Å². The van der Waals surface area contributed by atoms with Crippen molar-refractivity contribution in [3.8, 4) is 0 Å². The molecule has 1 aromatic heterocycles. The first kappa shape index (κ1) is 14.8. The van der Waals surface area contributed by atoms with Gasteiger partial charge in [-0.2, -0.15) is 0 Å². The lowest BCUT2D eigenvalue weighted by molar-refractivity contribution is 0.0526. The minimum absolute atomic E-state index is 0.320. The second-order valence-corrected chi connectivity index (χ2v) is 4.98. The van der Waals surface area contributed by atoms with Gasteiger partial charge in [-0.05, 0) is 45.0 Å². The number of hydrogen-bond donors (Lipinski definition) is 1. The van der Waals surface area contributed by atoms with Crippen LogP contribution in [0.3, 0.4) is 0 Å². The molecule has 0 aromatic carbocycles. The van der Waals surface area contributed by atoms with Gasteiger partial charge in [0.1, 0.15) is 5.82 Å². The second kappa shape index (κ2) is 7.85. The highest BCUT2D eigenvalue weighted by atomic mass is 16.5. The number of esters is 1. The van der Waals surface area contributed by atoms with Gasteiger partial charge in [-0.3, -0.25) is 0 Å². The van der Waals surface area contributed by atoms with Crippen LogP contribution in [0.25, 0.3) is 0 Å². The van der Waals surface area contributed by atoms with E-state index in [2.05, 4.69) is 15.2 Å². The number of anilines is 1. The Labute approximate surface area is 120 Å². The monoisotopic (exact) mass is 277 g/mol. The van der Waals surface area contributed by atoms with Crippen molar-refractivity contribution in [1.29, 1.82) is 0 Å². The predicted octanol–water partition coefficient (Wildman–Crippen LogP) is 2.16. The molecule has 1 saturated heterocycles. The van der Waals surface area contributed by atoms with Gasteiger partial charge < -0.3 is 15.0 Å². The van der Waals surface area contributed by atoms with Crippen molar-refractivity contribution in [2.45, 2.75) is 26.2 Å². The van der Waals surface area contributed by atoms with E-state index in [0.29, 0.717) is 12.2 Å². The molecule has 0 radical (unpaired) electrons. The average Bonchev–Trinajstić information content (AvgIpc) is 2.49. The van der Waals surface area contributed by atoms with E-state index in [9.17, 15) is 4.79 Å². The Morgan fingerprint density at radius 3 is 2.80 bits per heavy atom. The lowest BCUT2D eigenvalue weighted by Gasteiger charge is -2.26. The van der Waals surface area contributed by atoms with Gasteiger partial charge in [0.05, 0.1) is 12.2 Å². The maximum absolute atomic E-state index is 11.5. The molecule has 0 spiro atoms. The third kappa shape index (κ3) is 4.49. The Kier molecular flexibility index (Phi) is 5.80. The first-order chi connectivity index (χ1) is 9.79. The molecule has 1 N–H and O–H groups in total. The van der Waals surface area contributed by atoms with Crippen LogP contribution in [0.15, 0.2) is 18.3 Å². The zero-order chi connectivity index (χ0) is 14.2. The highest BCUT2D eigenvalue weighted by Gasteiger charge is 2.09. The third-order valence-corrected chi connectivity index (χ3v) is 3.46. The summed E-state index contributed by atoms with van der Waals surface area (Å²) in [6.45, 7) is 6.51. The summed E-state index contributed by atoms with van der Waals surface area (Å²) in [5.74, 6) is 0.481. The SMILES string of the molecule is CCOC(=O)c1ccc(NCCN2CCCCC2)nc1. The van der Waals surface area contributed by atoms with Crippen molar-refractivity contribution in [2.75, 3.05) is 38.1 Å². The maximum atomic E-state index is 11.5. The molecular weight excluding hydrogens is 254 g/mol. The molecule has 5 nitrogen and oxygen atoms in total. The van der Waals surface area contributed by atoms with E-state index in [-0.39, 0.29) is 5.97 Å². The number of carbonyl (C=O) groups excluding carboxylic acids is 1. The number of ether oxygens (including phenoxy) is 1. The second-order valence-electron chi connectivity index (χ2n) is 4.98. The van der Waals surface area contributed by atoms with Gasteiger partial charge >= 0.3 is 5.97 Å². The molecule has 110 valence electrons. The summed E-state index contributed by atoms with van der Waals surface area (Å²) in [5, 5.41) is 3.29. The van der Waals surface area contributed by atoms with E-state index in [1.807, 2.05) is 6.07 Å². The molecule has 0 saturated carbocycles. The molecule has 1 aliphatic heterocycles. The zero-order valence-electron chi connectivity index (χ0n) is 12.1. The molecule has 2 heterocycles. The van der Waals surface area contributed by atoms with Gasteiger partial charge in [0.15, 0.2) is 0 Å². The van der Waals surface area contributed by atoms with E-state index < -0.39 is 0 Å². The van der Waals surface area contributed by atoms with Crippen LogP contribution in [-0.4, -0.2) is 48.6 Å². The van der Waals surface area contributed by atoms with Crippen molar-refractivity contribution >= 4 is 11.8 Å². The van der Waals surface area contributed by atoms with Crippen LogP contribution >= 0.6 is 0 Å². The fourth-order valence-corrected chi connectivity index (χ4v) is 2.36. The van der Waals surface area contributed by atoms with Crippen molar-refractivity contribution in [3.63, 3.8) is 0 Å². The van der Waals surface area contributed by atoms with Crippen molar-refractivity contribution < 1.29 is 9.53 Å². The largest absolute Gasteiger partial charge is 0.462 e. The molecular formula is C15H23N3O2. The number of likely N-dealkylation sites (tertiary alicyclic amines) is 1. The van der Waals surface area contributed by atoms with Gasteiger partial charge in [0, 0.05) is 19.3 Å². The van der Waals surface area contributed by atoms with Crippen LogP contribution in [0.4, 0.5) is 5.82 Å². The average molecular weight is 277 g/mol. The highest BCUT2D eigenvalue weighted by molar-refractivity contribution is 5.89. The van der Waals surface area contributed by atoms with E-state index in [0.717, 1.165) is 18.9 Å². The third-order valence-electron chi connectivity index (χ3n) is 3.46. The van der Waals surface area contributed by atoms with Crippen molar-refractivity contribution in [3.05, 3.63) is 23.9 Å². The number of rotatable bonds is 6. The Morgan fingerprint density at radius 1 is 1.35 bits per heavy atom. The minimum Gasteiger partial charge on any atom is -0.462 e. The summed E-state index contributed by atoms with van der Waals surface area (Å²) >= 11 is 0. The highest BCUT2D eigenvalue weighted by Crippen LogP contribution is 2.09. The van der Waals surface area contributed by atoms with Crippen LogP contribution in [-0.2, 0) is 4.74 Å². The maximum Gasteiger partial charge on any atom is 0.339 e. The normalized spacial score (nSPS) is 15.8. The first-order valence-corrected chi connectivity index (χ1v) is 7.39. The number of hydrogen-bond acceptors (Lipinski definition) is 5. The number of aromatic nitrogens is 1. The molecule has 1 fully saturated rings. The summed E-state index contributed by atoms with van der Waals surface area (Å²) in [6, 6.07) is 3.57. The minimum atomic E-state index is -0.320. The predicted molar refractivity (Wildman–Crippen MR) is 79.0 cm³/mol. The first-order valence-electron chi connectivity index (χ1n) is 7.39. The summed E-state index contributed by atoms with van der Waals surface area (Å²) in [7, 11) is 0. The topological polar surface area (TPSA) is 54.5 Å². The molecule has 0 amide bonds. The molecule has 1 aromatic rings. The lowest BCUT2D eigenvalue weighted by Crippen LogP contribution is -2.33. The molecule has 20 heavy (non-hydrogen) atoms. The van der Waals surface area contributed by atoms with Crippen LogP contribution in [0, 0.1) is 0 Å². The molecule has 0 atom stereocenters. The van der Waals surface area contributed by atoms with Gasteiger partial charge in [-0.15, -0.1) is 0 Å². The number of nitrogens with one attached hydrogen (secondary N) is 1. The molecule has 0 aliphatic carbocycles. The van der Waals surface area contributed by atoms with Crippen LogP contribution in [0.2, 0.25) is 0 Å². The van der Waals surface area contributed by atoms with Crippen molar-refractivity contribution in [2.24, 2.45) is 0 Å². The number of pyridine rings is 1. The van der Waals surface area contributed by atoms with E-state index in [4.69, 9.17) is 4.74 Å². The molecule has 5 heteroatoms. The van der Waals surface area contributed by atoms with Gasteiger partial charge in [-0.25, -0.2) is 9.78 Å². The number of carbonyl (C=O) groups is 1. The van der Waals surface area contributed by atoms with Gasteiger partial charge in [0.25, 0.3) is 0 Å². The molecule has 2 rings (SSSR count). The number of piperidine rings is 1. The summed E-state index contributed by atoms with van der Waals surface area (Å²) in [4.78, 5) is 18.2. The van der Waals surface area contributed by atoms with E-state index >= 15 is 0 Å². The fourth-order valence-electron chi connectivity index (χ4n) is 2.36. The van der Waals surface area contributed by atoms with Gasteiger partial charge in [0.2, 0.25) is 0 Å². The standard InChI is InChI=1S/C15H23N3O2/c1-2-20-15(19)13-6-7-14(17-12-13)16-8-11-18-9-4-3-5-10-18/h6-7,12H,2-5,8-11H2,1H3,(H,16,17). The van der Waals surface area contributed by atoms with Crippen LogP contribution in [0.1, 0.15) is 36.5 Å². The quantitative estimate of drug-likeness (QED) is 0.808. The van der Waals surface area contributed by atoms with Gasteiger partial charge in [-0.1, -0.05) is 6.42 Å². The summed E-state index contributed by atoms with van der Waals surface area (Å²) < 4.78 is 4.92. The Balaban J connectivity index is 1.74. The number of nitrogens with zero attached hydrogens (tertiary/aromatic N) is 2. The Bertz CT molecular complexity index is 414. The van der Waals surface area contributed by atoms with Crippen molar-refractivity contribution in [1.82, 2.24) is 9.88 Å². The zero-order valence-corrected chi connectivity index (χ0v) is 12.1. The Morgan fingerprint density at radius 2 is 2.15 bits per heavy atom. The molecule has 0 bridgehead atoms. The summed E-state index contributed by atoms with van der Waals surface area (Å²) in [5.41, 5.74) is 0.494. The van der Waals surface area contributed by atoms with Crippen LogP contribution < -0.4 is 5.32 Å². The Hall–Kier alpha value is -1.62.